The van der Waals surface area contributed by atoms with Crippen LogP contribution in [0.1, 0.15) is 19.4 Å². The topological polar surface area (TPSA) is 76.4 Å². The zero-order chi connectivity index (χ0) is 20.6. The van der Waals surface area contributed by atoms with Crippen LogP contribution in [0.2, 0.25) is 0 Å². The van der Waals surface area contributed by atoms with E-state index in [2.05, 4.69) is 20.9 Å². The van der Waals surface area contributed by atoms with E-state index in [1.165, 1.54) is 0 Å². The van der Waals surface area contributed by atoms with Crippen molar-refractivity contribution < 1.29 is 4.79 Å². The minimum atomic E-state index is -0.236. The predicted octanol–water partition coefficient (Wildman–Crippen LogP) is 2.44. The molecule has 0 atom stereocenters. The first kappa shape index (κ1) is 20.3. The summed E-state index contributed by atoms with van der Waals surface area (Å²) in [6, 6.07) is 13.7. The largest absolute Gasteiger partial charge is 0.373 e. The predicted molar refractivity (Wildman–Crippen MR) is 112 cm³/mol. The summed E-state index contributed by atoms with van der Waals surface area (Å²) in [7, 11) is 0. The SMILES string of the molecule is CC(C)N(Cc1ccccc1)C(=O)/C(C#N)=C\N1CCN(c2ncccn2)CC1. The van der Waals surface area contributed by atoms with Crippen LogP contribution in [0.25, 0.3) is 0 Å². The van der Waals surface area contributed by atoms with Crippen molar-refractivity contribution in [1.29, 1.82) is 5.26 Å². The molecule has 7 nitrogen and oxygen atoms in total. The van der Waals surface area contributed by atoms with Crippen LogP contribution in [0.5, 0.6) is 0 Å². The minimum Gasteiger partial charge on any atom is -0.373 e. The van der Waals surface area contributed by atoms with E-state index in [0.717, 1.165) is 18.7 Å². The first-order valence-electron chi connectivity index (χ1n) is 9.81. The molecular weight excluding hydrogens is 364 g/mol. The third kappa shape index (κ3) is 5.32. The van der Waals surface area contributed by atoms with E-state index in [1.54, 1.807) is 29.6 Å². The normalized spacial score (nSPS) is 14.6. The van der Waals surface area contributed by atoms with Gasteiger partial charge in [0.2, 0.25) is 5.95 Å². The van der Waals surface area contributed by atoms with Crippen molar-refractivity contribution in [1.82, 2.24) is 19.8 Å². The fourth-order valence-electron chi connectivity index (χ4n) is 3.24. The number of nitriles is 1. The van der Waals surface area contributed by atoms with Crippen molar-refractivity contribution in [3.63, 3.8) is 0 Å². The molecule has 0 N–H and O–H groups in total. The van der Waals surface area contributed by atoms with Gasteiger partial charge in [0.05, 0.1) is 0 Å². The van der Waals surface area contributed by atoms with Crippen LogP contribution in [-0.4, -0.2) is 57.9 Å². The summed E-state index contributed by atoms with van der Waals surface area (Å²) in [4.78, 5) is 27.5. The quantitative estimate of drug-likeness (QED) is 0.557. The lowest BCUT2D eigenvalue weighted by Gasteiger charge is -2.34. The Morgan fingerprint density at radius 1 is 1.14 bits per heavy atom. The molecule has 1 aromatic heterocycles. The Morgan fingerprint density at radius 2 is 1.79 bits per heavy atom. The highest BCUT2D eigenvalue weighted by molar-refractivity contribution is 5.97. The maximum absolute atomic E-state index is 13.1. The standard InChI is InChI=1S/C22H26N6O/c1-18(2)28(16-19-7-4-3-5-8-19)21(29)20(15-23)17-26-11-13-27(14-12-26)22-24-9-6-10-25-22/h3-10,17-18H,11-14,16H2,1-2H3/b20-17-. The molecule has 0 spiro atoms. The van der Waals surface area contributed by atoms with Gasteiger partial charge in [-0.25, -0.2) is 9.97 Å². The molecule has 29 heavy (non-hydrogen) atoms. The highest BCUT2D eigenvalue weighted by Gasteiger charge is 2.23. The van der Waals surface area contributed by atoms with Crippen LogP contribution < -0.4 is 4.90 Å². The van der Waals surface area contributed by atoms with Crippen LogP contribution >= 0.6 is 0 Å². The second-order valence-corrected chi connectivity index (χ2v) is 7.24. The van der Waals surface area contributed by atoms with Gasteiger partial charge in [0, 0.05) is 57.4 Å². The molecule has 3 rings (SSSR count). The summed E-state index contributed by atoms with van der Waals surface area (Å²) in [5.41, 5.74) is 1.21. The monoisotopic (exact) mass is 390 g/mol. The smallest absolute Gasteiger partial charge is 0.266 e. The van der Waals surface area contributed by atoms with Crippen molar-refractivity contribution in [3.05, 3.63) is 66.1 Å². The van der Waals surface area contributed by atoms with Gasteiger partial charge in [0.15, 0.2) is 0 Å². The number of carbonyl (C=O) groups is 1. The zero-order valence-electron chi connectivity index (χ0n) is 16.9. The third-order valence-corrected chi connectivity index (χ3v) is 4.89. The molecule has 0 radical (unpaired) electrons. The Balaban J connectivity index is 1.67. The summed E-state index contributed by atoms with van der Waals surface area (Å²) in [6.07, 6.45) is 5.16. The first-order valence-corrected chi connectivity index (χ1v) is 9.81. The Kier molecular flexibility index (Phi) is 6.80. The zero-order valence-corrected chi connectivity index (χ0v) is 16.9. The molecule has 0 unspecified atom stereocenters. The number of carbonyl (C=O) groups excluding carboxylic acids is 1. The van der Waals surface area contributed by atoms with Crippen LogP contribution in [0.15, 0.2) is 60.6 Å². The number of benzene rings is 1. The number of anilines is 1. The average Bonchev–Trinajstić information content (AvgIpc) is 2.77. The second-order valence-electron chi connectivity index (χ2n) is 7.24. The summed E-state index contributed by atoms with van der Waals surface area (Å²) in [5.74, 6) is 0.474. The molecule has 1 amide bonds. The summed E-state index contributed by atoms with van der Waals surface area (Å²) < 4.78 is 0. The highest BCUT2D eigenvalue weighted by Crippen LogP contribution is 2.15. The molecule has 0 saturated carbocycles. The number of piperazine rings is 1. The lowest BCUT2D eigenvalue weighted by atomic mass is 10.1. The number of nitrogens with zero attached hydrogens (tertiary/aromatic N) is 6. The van der Waals surface area contributed by atoms with Gasteiger partial charge in [-0.3, -0.25) is 4.79 Å². The third-order valence-electron chi connectivity index (χ3n) is 4.89. The molecule has 150 valence electrons. The molecule has 2 heterocycles. The van der Waals surface area contributed by atoms with Crippen molar-refractivity contribution in [2.45, 2.75) is 26.4 Å². The molecule has 1 aliphatic heterocycles. The van der Waals surface area contributed by atoms with Gasteiger partial charge in [-0.1, -0.05) is 30.3 Å². The summed E-state index contributed by atoms with van der Waals surface area (Å²) >= 11 is 0. The maximum Gasteiger partial charge on any atom is 0.266 e. The highest BCUT2D eigenvalue weighted by atomic mass is 16.2. The fourth-order valence-corrected chi connectivity index (χ4v) is 3.24. The first-order chi connectivity index (χ1) is 14.1. The van der Waals surface area contributed by atoms with E-state index in [4.69, 9.17) is 0 Å². The van der Waals surface area contributed by atoms with Gasteiger partial charge < -0.3 is 14.7 Å². The van der Waals surface area contributed by atoms with E-state index in [0.29, 0.717) is 25.6 Å². The van der Waals surface area contributed by atoms with Gasteiger partial charge >= 0.3 is 0 Å². The fraction of sp³-hybridized carbons (Fsp3) is 0.364. The average molecular weight is 390 g/mol. The van der Waals surface area contributed by atoms with Crippen molar-refractivity contribution in [2.24, 2.45) is 0 Å². The van der Waals surface area contributed by atoms with Crippen LogP contribution in [0.3, 0.4) is 0 Å². The molecule has 1 aromatic carbocycles. The van der Waals surface area contributed by atoms with Crippen molar-refractivity contribution >= 4 is 11.9 Å². The summed E-state index contributed by atoms with van der Waals surface area (Å²) in [6.45, 7) is 7.31. The Labute approximate surface area is 171 Å². The van der Waals surface area contributed by atoms with Crippen molar-refractivity contribution in [2.75, 3.05) is 31.1 Å². The summed E-state index contributed by atoms with van der Waals surface area (Å²) in [5, 5.41) is 9.63. The molecular formula is C22H26N6O. The Morgan fingerprint density at radius 3 is 2.38 bits per heavy atom. The van der Waals surface area contributed by atoms with E-state index >= 15 is 0 Å². The number of hydrogen-bond donors (Lipinski definition) is 0. The van der Waals surface area contributed by atoms with Gasteiger partial charge in [0.1, 0.15) is 11.6 Å². The molecule has 1 aliphatic rings. The number of aromatic nitrogens is 2. The maximum atomic E-state index is 13.1. The second kappa shape index (κ2) is 9.69. The lowest BCUT2D eigenvalue weighted by molar-refractivity contribution is -0.129. The van der Waals surface area contributed by atoms with Gasteiger partial charge in [0.25, 0.3) is 5.91 Å². The van der Waals surface area contributed by atoms with Crippen molar-refractivity contribution in [3.8, 4) is 6.07 Å². The molecule has 2 aromatic rings. The Hall–Kier alpha value is -3.40. The van der Waals surface area contributed by atoms with E-state index in [9.17, 15) is 10.1 Å². The van der Waals surface area contributed by atoms with Gasteiger partial charge in [-0.05, 0) is 25.5 Å². The number of hydrogen-bond acceptors (Lipinski definition) is 6. The molecule has 1 saturated heterocycles. The molecule has 1 fully saturated rings. The number of rotatable bonds is 6. The van der Waals surface area contributed by atoms with E-state index < -0.39 is 0 Å². The number of amides is 1. The van der Waals surface area contributed by atoms with E-state index in [-0.39, 0.29) is 17.5 Å². The Bertz CT molecular complexity index is 867. The molecule has 0 bridgehead atoms. The van der Waals surface area contributed by atoms with Gasteiger partial charge in [-0.15, -0.1) is 0 Å². The molecule has 7 heteroatoms. The van der Waals surface area contributed by atoms with Crippen LogP contribution in [0.4, 0.5) is 5.95 Å². The lowest BCUT2D eigenvalue weighted by Crippen LogP contribution is -2.45. The van der Waals surface area contributed by atoms with Gasteiger partial charge in [-0.2, -0.15) is 5.26 Å². The van der Waals surface area contributed by atoms with Crippen LogP contribution in [0, 0.1) is 11.3 Å². The minimum absolute atomic E-state index is 0.00784. The van der Waals surface area contributed by atoms with E-state index in [1.807, 2.05) is 49.1 Å². The van der Waals surface area contributed by atoms with Crippen LogP contribution in [-0.2, 0) is 11.3 Å². The molecule has 0 aliphatic carbocycles.